The van der Waals surface area contributed by atoms with Crippen LogP contribution in [-0.4, -0.2) is 77.5 Å². The third kappa shape index (κ3) is 13.1. The lowest BCUT2D eigenvalue weighted by Gasteiger charge is -2.31. The zero-order valence-electron chi connectivity index (χ0n) is 38.7. The molecule has 2 saturated carbocycles. The van der Waals surface area contributed by atoms with Gasteiger partial charge in [0.2, 0.25) is 17.1 Å². The van der Waals surface area contributed by atoms with Gasteiger partial charge in [-0.2, -0.15) is 0 Å². The van der Waals surface area contributed by atoms with Gasteiger partial charge >= 0.3 is 0 Å². The highest BCUT2D eigenvalue weighted by atomic mass is 35.5. The normalized spacial score (nSPS) is 17.5. The van der Waals surface area contributed by atoms with E-state index in [1.807, 2.05) is 36.4 Å². The lowest BCUT2D eigenvalue weighted by Crippen LogP contribution is -2.42. The SMILES string of the molecule is C=CC(=O)C[C@H]1CCCC[C@H]1Nc1ncc2cc(-c3c(Cl)c(OC)cc(OC)c3Cl)ccc2n1.C=CC(=O)Cl.COc1cc(OC)c(Cl)c(-c2ccc3nc(N[C@@H]4CCCC[C@@H]4N)ncc3c2)c1Cl. The number of halogens is 5. The summed E-state index contributed by atoms with van der Waals surface area (Å²) >= 11 is 31.0. The van der Waals surface area contributed by atoms with Crippen molar-refractivity contribution in [2.24, 2.45) is 11.7 Å². The highest BCUT2D eigenvalue weighted by molar-refractivity contribution is 6.66. The van der Waals surface area contributed by atoms with Crippen LogP contribution in [0.15, 0.2) is 86.2 Å². The molecule has 2 aliphatic rings. The Morgan fingerprint density at radius 3 is 1.45 bits per heavy atom. The summed E-state index contributed by atoms with van der Waals surface area (Å²) in [6, 6.07) is 15.4. The molecule has 2 heterocycles. The van der Waals surface area contributed by atoms with Crippen molar-refractivity contribution < 1.29 is 28.5 Å². The largest absolute Gasteiger partial charge is 0.495 e. The first-order valence-electron chi connectivity index (χ1n) is 22.2. The van der Waals surface area contributed by atoms with E-state index < -0.39 is 5.24 Å². The number of rotatable bonds is 14. The molecule has 13 nitrogen and oxygen atoms in total. The van der Waals surface area contributed by atoms with E-state index >= 15 is 0 Å². The second kappa shape index (κ2) is 24.9. The van der Waals surface area contributed by atoms with Gasteiger partial charge in [-0.1, -0.05) is 97.4 Å². The maximum atomic E-state index is 11.9. The number of ether oxygens (including phenoxy) is 4. The van der Waals surface area contributed by atoms with Crippen molar-refractivity contribution in [2.45, 2.75) is 75.9 Å². The Morgan fingerprint density at radius 1 is 0.638 bits per heavy atom. The predicted molar refractivity (Wildman–Crippen MR) is 280 cm³/mol. The summed E-state index contributed by atoms with van der Waals surface area (Å²) in [5.74, 6) is 3.43. The van der Waals surface area contributed by atoms with Crippen LogP contribution < -0.4 is 35.3 Å². The monoisotopic (exact) mass is 1040 g/mol. The molecular weight excluding hydrogens is 984 g/mol. The quantitative estimate of drug-likeness (QED) is 0.0696. The fourth-order valence-corrected chi connectivity index (χ4v) is 9.89. The lowest BCUT2D eigenvalue weighted by atomic mass is 9.81. The third-order valence-corrected chi connectivity index (χ3v) is 13.7. The fourth-order valence-electron chi connectivity index (χ4n) is 8.45. The summed E-state index contributed by atoms with van der Waals surface area (Å²) < 4.78 is 21.5. The fraction of sp³-hybridized carbons (Fsp3) is 0.333. The maximum Gasteiger partial charge on any atom is 0.244 e. The molecule has 0 aliphatic heterocycles. The Bertz CT molecular complexity index is 2780. The van der Waals surface area contributed by atoms with E-state index in [1.54, 1.807) is 53.0 Å². The van der Waals surface area contributed by atoms with Gasteiger partial charge in [-0.25, -0.2) is 19.9 Å². The Hall–Kier alpha value is -5.41. The molecule has 8 rings (SSSR count). The summed E-state index contributed by atoms with van der Waals surface area (Å²) in [6.07, 6.45) is 15.2. The number of anilines is 2. The summed E-state index contributed by atoms with van der Waals surface area (Å²) in [5.41, 5.74) is 10.8. The Balaban J connectivity index is 0.000000208. The number of nitrogens with zero attached hydrogens (tertiary/aromatic N) is 4. The molecule has 4 atom stereocenters. The molecule has 364 valence electrons. The summed E-state index contributed by atoms with van der Waals surface area (Å²) in [7, 11) is 6.20. The lowest BCUT2D eigenvalue weighted by molar-refractivity contribution is -0.115. The summed E-state index contributed by atoms with van der Waals surface area (Å²) in [6.45, 7) is 6.68. The van der Waals surface area contributed by atoms with Gasteiger partial charge in [0.05, 0.1) is 59.6 Å². The minimum absolute atomic E-state index is 0.0807. The molecule has 69 heavy (non-hydrogen) atoms. The highest BCUT2D eigenvalue weighted by Crippen LogP contribution is 2.48. The van der Waals surface area contributed by atoms with Gasteiger partial charge in [-0.05, 0) is 90.7 Å². The standard InChI is InChI=1S/C26H27Cl2N3O3.C22H24Cl2N4O2.C3H3ClO/c1-4-18(32)12-15-7-5-6-8-19(15)30-26-29-14-17-11-16(9-10-20(17)31-26)23-24(27)21(33-2)13-22(34-3)25(23)28;1-29-17-10-18(30-2)21(24)19(20(17)23)12-7-8-15-13(9-12)11-26-22(27-15)28-16-6-4-3-5-14(16)25;1-2-3(4)5/h4,9-11,13-15,19H,1,5-8,12H2,2-3H3,(H,29,30,31);7-11,14,16H,3-6,25H2,1-2H3,(H,26,27,28);2H,1H2/t15-,19-;14-,16+;/m10./s1. The number of methoxy groups -OCH3 is 4. The van der Waals surface area contributed by atoms with Gasteiger partial charge in [0.25, 0.3) is 0 Å². The van der Waals surface area contributed by atoms with Gasteiger partial charge in [-0.15, -0.1) is 0 Å². The van der Waals surface area contributed by atoms with Crippen molar-refractivity contribution in [1.82, 2.24) is 19.9 Å². The van der Waals surface area contributed by atoms with Gasteiger partial charge < -0.3 is 35.3 Å². The van der Waals surface area contributed by atoms with E-state index in [0.717, 1.165) is 77.5 Å². The molecular formula is C51H54Cl5N7O6. The van der Waals surface area contributed by atoms with Crippen molar-refractivity contribution >= 4 is 103 Å². The number of nitrogens with one attached hydrogen (secondary N) is 2. The van der Waals surface area contributed by atoms with E-state index in [4.69, 9.17) is 87.7 Å². The van der Waals surface area contributed by atoms with Gasteiger partial charge in [0, 0.05) is 71.0 Å². The van der Waals surface area contributed by atoms with Gasteiger partial charge in [0.1, 0.15) is 23.0 Å². The Kier molecular flexibility index (Phi) is 19.1. The van der Waals surface area contributed by atoms with Crippen LogP contribution in [0.2, 0.25) is 20.1 Å². The average Bonchev–Trinajstić information content (AvgIpc) is 3.36. The van der Waals surface area contributed by atoms with Crippen LogP contribution in [0.1, 0.15) is 57.8 Å². The number of ketones is 1. The number of carbonyl (C=O) groups is 2. The van der Waals surface area contributed by atoms with Crippen LogP contribution in [0.4, 0.5) is 11.9 Å². The second-order valence-electron chi connectivity index (χ2n) is 16.4. The molecule has 2 fully saturated rings. The summed E-state index contributed by atoms with van der Waals surface area (Å²) in [5, 5.41) is 9.73. The summed E-state index contributed by atoms with van der Waals surface area (Å²) in [4.78, 5) is 39.8. The molecule has 18 heteroatoms. The first-order valence-corrected chi connectivity index (χ1v) is 24.1. The molecule has 4 aromatic carbocycles. The number of carbonyl (C=O) groups excluding carboxylic acids is 2. The Morgan fingerprint density at radius 2 is 1.04 bits per heavy atom. The molecule has 0 amide bonds. The van der Waals surface area contributed by atoms with E-state index in [9.17, 15) is 9.59 Å². The Labute approximate surface area is 427 Å². The predicted octanol–water partition coefficient (Wildman–Crippen LogP) is 13.0. The van der Waals surface area contributed by atoms with Crippen LogP contribution >= 0.6 is 58.0 Å². The number of nitrogens with two attached hydrogens (primary N) is 1. The minimum Gasteiger partial charge on any atom is -0.495 e. The maximum absolute atomic E-state index is 11.9. The van der Waals surface area contributed by atoms with Crippen molar-refractivity contribution in [3.05, 3.63) is 106 Å². The number of benzene rings is 4. The van der Waals surface area contributed by atoms with Crippen LogP contribution in [-0.2, 0) is 9.59 Å². The first kappa shape index (κ1) is 53.0. The number of aromatic nitrogens is 4. The van der Waals surface area contributed by atoms with E-state index in [0.29, 0.717) is 72.5 Å². The zero-order valence-corrected chi connectivity index (χ0v) is 42.5. The number of hydrogen-bond donors (Lipinski definition) is 3. The topological polar surface area (TPSA) is 173 Å². The highest BCUT2D eigenvalue weighted by Gasteiger charge is 2.28. The molecule has 2 aromatic heterocycles. The van der Waals surface area contributed by atoms with Crippen molar-refractivity contribution in [3.8, 4) is 45.3 Å². The number of fused-ring (bicyclic) bond motifs is 2. The van der Waals surface area contributed by atoms with Gasteiger partial charge in [0.15, 0.2) is 5.78 Å². The van der Waals surface area contributed by atoms with E-state index in [-0.39, 0.29) is 29.8 Å². The molecule has 2 aliphatic carbocycles. The van der Waals surface area contributed by atoms with E-state index in [1.165, 1.54) is 18.9 Å². The molecule has 0 radical (unpaired) electrons. The molecule has 0 spiro atoms. The molecule has 0 unspecified atom stereocenters. The molecule has 0 saturated heterocycles. The van der Waals surface area contributed by atoms with Crippen molar-refractivity contribution in [2.75, 3.05) is 39.1 Å². The van der Waals surface area contributed by atoms with Crippen LogP contribution in [0.3, 0.4) is 0 Å². The molecule has 0 bridgehead atoms. The van der Waals surface area contributed by atoms with Gasteiger partial charge in [-0.3, -0.25) is 9.59 Å². The van der Waals surface area contributed by atoms with E-state index in [2.05, 4.69) is 38.7 Å². The second-order valence-corrected chi connectivity index (χ2v) is 18.3. The first-order chi connectivity index (χ1) is 33.2. The van der Waals surface area contributed by atoms with Crippen LogP contribution in [0.25, 0.3) is 44.1 Å². The minimum atomic E-state index is -0.509. The third-order valence-electron chi connectivity index (χ3n) is 12.1. The smallest absolute Gasteiger partial charge is 0.244 e. The van der Waals surface area contributed by atoms with Crippen molar-refractivity contribution in [1.29, 1.82) is 0 Å². The zero-order chi connectivity index (χ0) is 49.8. The number of hydrogen-bond acceptors (Lipinski definition) is 13. The van der Waals surface area contributed by atoms with Crippen LogP contribution in [0, 0.1) is 5.92 Å². The molecule has 6 aromatic rings. The van der Waals surface area contributed by atoms with Crippen molar-refractivity contribution in [3.63, 3.8) is 0 Å². The van der Waals surface area contributed by atoms with Crippen LogP contribution in [0.5, 0.6) is 23.0 Å². The number of allylic oxidation sites excluding steroid dienone is 2. The average molecular weight is 1040 g/mol. The molecule has 4 N–H and O–H groups in total.